The third-order valence-corrected chi connectivity index (χ3v) is 3.48. The molecule has 17 heavy (non-hydrogen) atoms. The van der Waals surface area contributed by atoms with Crippen molar-refractivity contribution in [1.29, 1.82) is 0 Å². The van der Waals surface area contributed by atoms with E-state index in [1.165, 1.54) is 22.6 Å². The van der Waals surface area contributed by atoms with Gasteiger partial charge in [-0.15, -0.1) is 13.2 Å². The summed E-state index contributed by atoms with van der Waals surface area (Å²) in [5.74, 6) is -1.40. The lowest BCUT2D eigenvalue weighted by atomic mass is 10.4. The lowest BCUT2D eigenvalue weighted by Gasteiger charge is -2.10. The summed E-state index contributed by atoms with van der Waals surface area (Å²) in [4.78, 5) is 13.3. The predicted molar refractivity (Wildman–Crippen MR) is 59.5 cm³/mol. The summed E-state index contributed by atoms with van der Waals surface area (Å²) >= 11 is 1.42. The van der Waals surface area contributed by atoms with Crippen molar-refractivity contribution in [3.63, 3.8) is 0 Å². The van der Waals surface area contributed by atoms with Crippen LogP contribution in [0.5, 0.6) is 5.75 Å². The Morgan fingerprint density at radius 1 is 1.41 bits per heavy atom. The number of pyridine rings is 1. The van der Waals surface area contributed by atoms with Crippen molar-refractivity contribution in [3.05, 3.63) is 20.0 Å². The van der Waals surface area contributed by atoms with Gasteiger partial charge in [0.25, 0.3) is 9.05 Å². The van der Waals surface area contributed by atoms with Crippen LogP contribution in [0.2, 0.25) is 0 Å². The Balaban J connectivity index is 3.54. The van der Waals surface area contributed by atoms with Gasteiger partial charge in [0, 0.05) is 16.9 Å². The Kier molecular flexibility index (Phi) is 3.98. The van der Waals surface area contributed by atoms with E-state index in [4.69, 9.17) is 10.7 Å². The highest BCUT2D eigenvalue weighted by Crippen LogP contribution is 2.27. The number of aromatic nitrogens is 1. The van der Waals surface area contributed by atoms with E-state index in [-0.39, 0.29) is 3.57 Å². The fraction of sp³-hybridized carbons (Fsp3) is 0.167. The molecule has 1 aromatic rings. The van der Waals surface area contributed by atoms with Gasteiger partial charge in [0.15, 0.2) is 5.03 Å². The van der Waals surface area contributed by atoms with Crippen molar-refractivity contribution >= 4 is 42.3 Å². The average Bonchev–Trinajstić information content (AvgIpc) is 2.08. The van der Waals surface area contributed by atoms with Crippen molar-refractivity contribution in [2.24, 2.45) is 0 Å². The standard InChI is InChI=1S/C6H2ClF3INO4S/c7-17(14,15)5-4(16-6(8,9)10)3(13)2(11)1-12-5/h1H,(H,12,13). The van der Waals surface area contributed by atoms with Crippen molar-refractivity contribution < 1.29 is 26.3 Å². The Labute approximate surface area is 110 Å². The van der Waals surface area contributed by atoms with Crippen molar-refractivity contribution in [3.8, 4) is 5.75 Å². The zero-order valence-electron chi connectivity index (χ0n) is 7.51. The van der Waals surface area contributed by atoms with Crippen LogP contribution in [-0.4, -0.2) is 19.8 Å². The molecule has 0 aliphatic heterocycles. The highest BCUT2D eigenvalue weighted by molar-refractivity contribution is 14.1. The topological polar surface area (TPSA) is 76.2 Å². The van der Waals surface area contributed by atoms with Crippen LogP contribution < -0.4 is 10.2 Å². The number of rotatable bonds is 2. The molecule has 1 aromatic heterocycles. The first-order valence-electron chi connectivity index (χ1n) is 3.64. The molecule has 96 valence electrons. The molecular formula is C6H2ClF3INO4S. The van der Waals surface area contributed by atoms with Crippen LogP contribution in [0.1, 0.15) is 0 Å². The van der Waals surface area contributed by atoms with E-state index >= 15 is 0 Å². The number of nitrogens with one attached hydrogen (secondary N) is 1. The summed E-state index contributed by atoms with van der Waals surface area (Å²) in [5.41, 5.74) is -1.22. The lowest BCUT2D eigenvalue weighted by molar-refractivity contribution is -0.276. The molecule has 1 heterocycles. The quantitative estimate of drug-likeness (QED) is 0.604. The maximum atomic E-state index is 12.0. The summed E-state index contributed by atoms with van der Waals surface area (Å²) < 4.78 is 61.1. The first kappa shape index (κ1) is 14.6. The second kappa shape index (κ2) is 4.65. The Morgan fingerprint density at radius 3 is 2.35 bits per heavy atom. The summed E-state index contributed by atoms with van der Waals surface area (Å²) in [7, 11) is 0.312. The Hall–Kier alpha value is -0.490. The lowest BCUT2D eigenvalue weighted by Crippen LogP contribution is -2.25. The van der Waals surface area contributed by atoms with Gasteiger partial charge in [0.1, 0.15) is 0 Å². The molecule has 0 radical (unpaired) electrons. The minimum Gasteiger partial charge on any atom is -0.398 e. The molecule has 0 unspecified atom stereocenters. The van der Waals surface area contributed by atoms with E-state index in [0.29, 0.717) is 0 Å². The van der Waals surface area contributed by atoms with Gasteiger partial charge >= 0.3 is 6.36 Å². The molecule has 5 nitrogen and oxygen atoms in total. The van der Waals surface area contributed by atoms with Crippen molar-refractivity contribution in [2.45, 2.75) is 11.4 Å². The van der Waals surface area contributed by atoms with E-state index in [0.717, 1.165) is 6.20 Å². The third kappa shape index (κ3) is 3.74. The van der Waals surface area contributed by atoms with Gasteiger partial charge in [-0.25, -0.2) is 8.42 Å². The molecule has 0 aliphatic rings. The number of alkyl halides is 3. The van der Waals surface area contributed by atoms with Gasteiger partial charge in [-0.1, -0.05) is 0 Å². The molecule has 0 bridgehead atoms. The zero-order valence-corrected chi connectivity index (χ0v) is 11.2. The van der Waals surface area contributed by atoms with E-state index in [2.05, 4.69) is 4.74 Å². The van der Waals surface area contributed by atoms with Crippen LogP contribution in [0, 0.1) is 3.57 Å². The van der Waals surface area contributed by atoms with Gasteiger partial charge < -0.3 is 9.72 Å². The molecule has 0 aromatic carbocycles. The normalized spacial score (nSPS) is 12.5. The van der Waals surface area contributed by atoms with Crippen LogP contribution in [0.15, 0.2) is 16.0 Å². The summed E-state index contributed by atoms with van der Waals surface area (Å²) in [5, 5.41) is -1.14. The highest BCUT2D eigenvalue weighted by atomic mass is 127. The SMILES string of the molecule is O=c1c(I)c[nH]c(S(=O)(=O)Cl)c1OC(F)(F)F. The molecule has 0 atom stereocenters. The number of hydrogen-bond acceptors (Lipinski definition) is 4. The molecule has 0 saturated heterocycles. The van der Waals surface area contributed by atoms with E-state index in [1.807, 2.05) is 4.98 Å². The Morgan fingerprint density at radius 2 is 1.94 bits per heavy atom. The summed E-state index contributed by atoms with van der Waals surface area (Å²) in [6.07, 6.45) is -4.30. The number of aromatic amines is 1. The molecule has 0 amide bonds. The fourth-order valence-corrected chi connectivity index (χ4v) is 2.16. The molecule has 1 rings (SSSR count). The van der Waals surface area contributed by atoms with Gasteiger partial charge in [-0.05, 0) is 22.6 Å². The maximum Gasteiger partial charge on any atom is 0.573 e. The Bertz CT molecular complexity index is 596. The van der Waals surface area contributed by atoms with Crippen LogP contribution >= 0.6 is 33.3 Å². The maximum absolute atomic E-state index is 12.0. The van der Waals surface area contributed by atoms with Crippen LogP contribution in [0.25, 0.3) is 0 Å². The molecule has 0 aliphatic carbocycles. The fourth-order valence-electron chi connectivity index (χ4n) is 0.861. The van der Waals surface area contributed by atoms with Crippen LogP contribution in [-0.2, 0) is 9.05 Å². The van der Waals surface area contributed by atoms with E-state index < -0.39 is 31.6 Å². The highest BCUT2D eigenvalue weighted by Gasteiger charge is 2.36. The van der Waals surface area contributed by atoms with Gasteiger partial charge in [-0.2, -0.15) is 0 Å². The average molecular weight is 404 g/mol. The van der Waals surface area contributed by atoms with Gasteiger partial charge in [0.2, 0.25) is 11.2 Å². The number of ether oxygens (including phenoxy) is 1. The second-order valence-corrected chi connectivity index (χ2v) is 6.27. The smallest absolute Gasteiger partial charge is 0.398 e. The van der Waals surface area contributed by atoms with Crippen molar-refractivity contribution in [1.82, 2.24) is 4.98 Å². The minimum atomic E-state index is -5.20. The largest absolute Gasteiger partial charge is 0.573 e. The van der Waals surface area contributed by atoms with Gasteiger partial charge in [0.05, 0.1) is 3.57 Å². The summed E-state index contributed by atoms with van der Waals surface area (Å²) in [6, 6.07) is 0. The zero-order chi connectivity index (χ0) is 13.4. The van der Waals surface area contributed by atoms with Gasteiger partial charge in [-0.3, -0.25) is 4.79 Å². The predicted octanol–water partition coefficient (Wildman–Crippen LogP) is 1.81. The first-order valence-corrected chi connectivity index (χ1v) is 7.03. The summed E-state index contributed by atoms with van der Waals surface area (Å²) in [6.45, 7) is 0. The first-order chi connectivity index (χ1) is 7.52. The monoisotopic (exact) mass is 403 g/mol. The molecule has 0 saturated carbocycles. The minimum absolute atomic E-state index is 0.175. The molecule has 0 fully saturated rings. The van der Waals surface area contributed by atoms with E-state index in [9.17, 15) is 26.4 Å². The third-order valence-electron chi connectivity index (χ3n) is 1.42. The molecular weight excluding hydrogens is 401 g/mol. The van der Waals surface area contributed by atoms with E-state index in [1.54, 1.807) is 0 Å². The van der Waals surface area contributed by atoms with Crippen molar-refractivity contribution in [2.75, 3.05) is 0 Å². The number of hydrogen-bond donors (Lipinski definition) is 1. The number of H-pyrrole nitrogens is 1. The molecule has 0 spiro atoms. The molecule has 1 N–H and O–H groups in total. The van der Waals surface area contributed by atoms with Crippen LogP contribution in [0.3, 0.4) is 0 Å². The molecule has 11 heteroatoms. The van der Waals surface area contributed by atoms with Crippen LogP contribution in [0.4, 0.5) is 13.2 Å². The second-order valence-electron chi connectivity index (χ2n) is 2.61. The number of halogens is 5.